The zero-order valence-corrected chi connectivity index (χ0v) is 12.5. The van der Waals surface area contributed by atoms with Crippen molar-refractivity contribution in [3.05, 3.63) is 35.6 Å². The van der Waals surface area contributed by atoms with Crippen molar-refractivity contribution in [2.45, 2.75) is 32.0 Å². The third-order valence-electron chi connectivity index (χ3n) is 3.25. The van der Waals surface area contributed by atoms with Crippen LogP contribution in [0.15, 0.2) is 24.3 Å². The molecule has 1 fully saturated rings. The molecular weight excluding hydrogens is 281 g/mol. The summed E-state index contributed by atoms with van der Waals surface area (Å²) >= 11 is 5.85. The first kappa shape index (κ1) is 15.3. The van der Waals surface area contributed by atoms with E-state index in [1.54, 1.807) is 17.0 Å². The highest BCUT2D eigenvalue weighted by molar-refractivity contribution is 6.18. The number of carbonyl (C=O) groups excluding carboxylic acids is 1. The third kappa shape index (κ3) is 3.93. The Balaban J connectivity index is 2.04. The topological polar surface area (TPSA) is 29.5 Å². The number of ether oxygens (including phenoxy) is 1. The van der Waals surface area contributed by atoms with Gasteiger partial charge in [0.05, 0.1) is 24.0 Å². The van der Waals surface area contributed by atoms with Gasteiger partial charge in [-0.1, -0.05) is 12.1 Å². The number of alkyl halides is 1. The molecule has 1 unspecified atom stereocenters. The molecule has 1 aromatic carbocycles. The van der Waals surface area contributed by atoms with E-state index >= 15 is 0 Å². The number of morpholine rings is 1. The molecule has 1 aliphatic heterocycles. The normalized spacial score (nSPS) is 21.8. The monoisotopic (exact) mass is 299 g/mol. The van der Waals surface area contributed by atoms with Crippen LogP contribution in [0.4, 0.5) is 4.39 Å². The van der Waals surface area contributed by atoms with Crippen LogP contribution in [0.5, 0.6) is 0 Å². The number of benzene rings is 1. The number of hydrogen-bond acceptors (Lipinski definition) is 2. The van der Waals surface area contributed by atoms with Crippen LogP contribution in [0.2, 0.25) is 0 Å². The zero-order valence-electron chi connectivity index (χ0n) is 11.7. The molecule has 1 aliphatic rings. The van der Waals surface area contributed by atoms with Crippen LogP contribution in [-0.4, -0.2) is 41.5 Å². The van der Waals surface area contributed by atoms with Crippen molar-refractivity contribution in [3.63, 3.8) is 0 Å². The molecule has 0 spiro atoms. The van der Waals surface area contributed by atoms with Crippen molar-refractivity contribution in [2.75, 3.05) is 19.0 Å². The summed E-state index contributed by atoms with van der Waals surface area (Å²) in [7, 11) is 0. The molecule has 5 heteroatoms. The molecule has 1 aromatic rings. The molecule has 0 radical (unpaired) electrons. The van der Waals surface area contributed by atoms with E-state index in [0.717, 1.165) is 0 Å². The lowest BCUT2D eigenvalue weighted by atomic mass is 10.0. The van der Waals surface area contributed by atoms with E-state index in [4.69, 9.17) is 16.3 Å². The number of hydrogen-bond donors (Lipinski definition) is 0. The molecule has 1 saturated heterocycles. The Morgan fingerprint density at radius 3 is 2.95 bits per heavy atom. The van der Waals surface area contributed by atoms with Crippen LogP contribution in [0.25, 0.3) is 0 Å². The largest absolute Gasteiger partial charge is 0.367 e. The summed E-state index contributed by atoms with van der Waals surface area (Å²) in [5, 5.41) is 0. The van der Waals surface area contributed by atoms with Gasteiger partial charge in [0.2, 0.25) is 5.91 Å². The third-order valence-corrected chi connectivity index (χ3v) is 3.59. The van der Waals surface area contributed by atoms with Gasteiger partial charge in [0.25, 0.3) is 0 Å². The first-order valence-corrected chi connectivity index (χ1v) is 7.19. The smallest absolute Gasteiger partial charge is 0.227 e. The maximum Gasteiger partial charge on any atom is 0.227 e. The molecule has 1 atom stereocenters. The number of halogens is 2. The lowest BCUT2D eigenvalue weighted by Crippen LogP contribution is -2.55. The molecule has 20 heavy (non-hydrogen) atoms. The second-order valence-corrected chi connectivity index (χ2v) is 6.04. The van der Waals surface area contributed by atoms with Crippen molar-refractivity contribution in [1.82, 2.24) is 4.90 Å². The molecule has 0 aromatic heterocycles. The molecule has 2 rings (SSSR count). The minimum Gasteiger partial charge on any atom is -0.367 e. The average molecular weight is 300 g/mol. The van der Waals surface area contributed by atoms with Crippen LogP contribution >= 0.6 is 11.6 Å². The summed E-state index contributed by atoms with van der Waals surface area (Å²) in [5.74, 6) is 0.00558. The van der Waals surface area contributed by atoms with Gasteiger partial charge in [0, 0.05) is 13.1 Å². The summed E-state index contributed by atoms with van der Waals surface area (Å²) < 4.78 is 18.9. The fourth-order valence-corrected chi connectivity index (χ4v) is 2.66. The minimum absolute atomic E-state index is 0.0258. The minimum atomic E-state index is -0.407. The second-order valence-electron chi connectivity index (χ2n) is 5.73. The Kier molecular flexibility index (Phi) is 4.66. The van der Waals surface area contributed by atoms with E-state index in [2.05, 4.69) is 0 Å². The van der Waals surface area contributed by atoms with Crippen molar-refractivity contribution in [2.24, 2.45) is 0 Å². The quantitative estimate of drug-likeness (QED) is 0.803. The summed E-state index contributed by atoms with van der Waals surface area (Å²) in [6.45, 7) is 4.89. The average Bonchev–Trinajstić information content (AvgIpc) is 2.36. The lowest BCUT2D eigenvalue weighted by molar-refractivity contribution is -0.156. The van der Waals surface area contributed by atoms with Crippen LogP contribution < -0.4 is 0 Å². The van der Waals surface area contributed by atoms with E-state index in [1.165, 1.54) is 12.1 Å². The number of carbonyl (C=O) groups is 1. The second kappa shape index (κ2) is 6.10. The maximum atomic E-state index is 13.1. The summed E-state index contributed by atoms with van der Waals surface area (Å²) in [6, 6.07) is 6.13. The van der Waals surface area contributed by atoms with Gasteiger partial charge >= 0.3 is 0 Å². The van der Waals surface area contributed by atoms with Crippen molar-refractivity contribution >= 4 is 17.5 Å². The first-order chi connectivity index (χ1) is 9.39. The van der Waals surface area contributed by atoms with Gasteiger partial charge in [0.1, 0.15) is 5.82 Å². The van der Waals surface area contributed by atoms with Gasteiger partial charge in [0.15, 0.2) is 0 Å². The van der Waals surface area contributed by atoms with Crippen LogP contribution in [0, 0.1) is 5.82 Å². The van der Waals surface area contributed by atoms with Crippen LogP contribution in [0.3, 0.4) is 0 Å². The predicted octanol–water partition coefficient (Wildman–Crippen LogP) is 2.61. The number of nitrogens with zero attached hydrogens (tertiary/aromatic N) is 1. The zero-order chi connectivity index (χ0) is 14.8. The fraction of sp³-hybridized carbons (Fsp3) is 0.533. The highest BCUT2D eigenvalue weighted by Crippen LogP contribution is 2.22. The highest BCUT2D eigenvalue weighted by Gasteiger charge is 2.35. The van der Waals surface area contributed by atoms with Gasteiger partial charge in [-0.2, -0.15) is 0 Å². The van der Waals surface area contributed by atoms with E-state index in [0.29, 0.717) is 24.5 Å². The highest BCUT2D eigenvalue weighted by atomic mass is 35.5. The molecule has 0 saturated carbocycles. The Labute approximate surface area is 123 Å². The van der Waals surface area contributed by atoms with Crippen LogP contribution in [-0.2, 0) is 16.0 Å². The van der Waals surface area contributed by atoms with Gasteiger partial charge in [-0.3, -0.25) is 4.79 Å². The van der Waals surface area contributed by atoms with Crippen molar-refractivity contribution in [3.8, 4) is 0 Å². The van der Waals surface area contributed by atoms with Crippen molar-refractivity contribution in [1.29, 1.82) is 0 Å². The summed E-state index contributed by atoms with van der Waals surface area (Å²) in [5.41, 5.74) is 0.275. The van der Waals surface area contributed by atoms with Crippen molar-refractivity contribution < 1.29 is 13.9 Å². The number of amides is 1. The Hall–Kier alpha value is -1.13. The Morgan fingerprint density at radius 2 is 2.30 bits per heavy atom. The Morgan fingerprint density at radius 1 is 1.55 bits per heavy atom. The summed E-state index contributed by atoms with van der Waals surface area (Å²) in [4.78, 5) is 14.1. The SMILES string of the molecule is CC1(C)CN(C(=O)Cc2cccc(F)c2)CC(CCl)O1. The molecule has 3 nitrogen and oxygen atoms in total. The van der Waals surface area contributed by atoms with Gasteiger partial charge in [-0.15, -0.1) is 11.6 Å². The lowest BCUT2D eigenvalue weighted by Gasteiger charge is -2.42. The predicted molar refractivity (Wildman–Crippen MR) is 76.4 cm³/mol. The molecule has 0 bridgehead atoms. The standard InChI is InChI=1S/C15H19ClFNO2/c1-15(2)10-18(9-13(8-16)20-15)14(19)7-11-4-3-5-12(17)6-11/h3-6,13H,7-10H2,1-2H3. The summed E-state index contributed by atoms with van der Waals surface area (Å²) in [6.07, 6.45) is 0.0416. The molecular formula is C15H19ClFNO2. The van der Waals surface area contributed by atoms with E-state index in [-0.39, 0.29) is 24.2 Å². The molecule has 1 heterocycles. The van der Waals surface area contributed by atoms with Gasteiger partial charge in [-0.25, -0.2) is 4.39 Å². The maximum absolute atomic E-state index is 13.1. The van der Waals surface area contributed by atoms with E-state index in [9.17, 15) is 9.18 Å². The molecule has 1 amide bonds. The Bertz CT molecular complexity index is 493. The molecule has 0 N–H and O–H groups in total. The van der Waals surface area contributed by atoms with Gasteiger partial charge in [-0.05, 0) is 31.5 Å². The van der Waals surface area contributed by atoms with Gasteiger partial charge < -0.3 is 9.64 Å². The number of rotatable bonds is 3. The van der Waals surface area contributed by atoms with E-state index < -0.39 is 5.60 Å². The fourth-order valence-electron chi connectivity index (χ4n) is 2.50. The van der Waals surface area contributed by atoms with Crippen LogP contribution in [0.1, 0.15) is 19.4 Å². The van der Waals surface area contributed by atoms with E-state index in [1.807, 2.05) is 13.8 Å². The molecule has 110 valence electrons. The first-order valence-electron chi connectivity index (χ1n) is 6.65. The molecule has 0 aliphatic carbocycles.